The summed E-state index contributed by atoms with van der Waals surface area (Å²) in [5, 5.41) is 0. The van der Waals surface area contributed by atoms with Crippen LogP contribution in [0.3, 0.4) is 0 Å². The quantitative estimate of drug-likeness (QED) is 0.330. The predicted octanol–water partition coefficient (Wildman–Crippen LogP) is 1.53. The van der Waals surface area contributed by atoms with Gasteiger partial charge in [0, 0.05) is 71.6 Å². The molecule has 1 N–H and O–H groups in total. The Morgan fingerprint density at radius 3 is 2.21 bits per heavy atom. The summed E-state index contributed by atoms with van der Waals surface area (Å²) in [7, 11) is -2.16. The van der Waals surface area contributed by atoms with Crippen molar-refractivity contribution in [1.29, 1.82) is 0 Å². The highest BCUT2D eigenvalue weighted by Gasteiger charge is 2.28. The number of hydrogen-bond acceptors (Lipinski definition) is 7. The maximum atomic E-state index is 13.4. The Balaban J connectivity index is 1.19. The highest BCUT2D eigenvalue weighted by atomic mass is 32.2. The van der Waals surface area contributed by atoms with Crippen LogP contribution >= 0.6 is 0 Å². The molecule has 2 fully saturated rings. The van der Waals surface area contributed by atoms with Gasteiger partial charge in [-0.1, -0.05) is 42.5 Å². The summed E-state index contributed by atoms with van der Waals surface area (Å²) in [6, 6.07) is 18.7. The third-order valence-corrected chi connectivity index (χ3v) is 10.2. The first kappa shape index (κ1) is 28.6. The van der Waals surface area contributed by atoms with Gasteiger partial charge in [-0.05, 0) is 29.3 Å². The minimum absolute atomic E-state index is 0.234. The van der Waals surface area contributed by atoms with E-state index in [1.54, 1.807) is 39.2 Å². The summed E-state index contributed by atoms with van der Waals surface area (Å²) in [5.74, 6) is 0. The van der Waals surface area contributed by atoms with Crippen LogP contribution in [-0.2, 0) is 34.9 Å². The normalized spacial score (nSPS) is 17.6. The smallest absolute Gasteiger partial charge is 0.331 e. The van der Waals surface area contributed by atoms with Crippen LogP contribution in [0.2, 0.25) is 0 Å². The predicted molar refractivity (Wildman–Crippen MR) is 161 cm³/mol. The van der Waals surface area contributed by atoms with E-state index in [0.717, 1.165) is 29.8 Å². The Morgan fingerprint density at radius 1 is 0.833 bits per heavy atom. The lowest BCUT2D eigenvalue weighted by molar-refractivity contribution is 0.0363. The molecule has 0 amide bonds. The molecule has 4 heterocycles. The lowest BCUT2D eigenvalue weighted by Gasteiger charge is -2.34. The second kappa shape index (κ2) is 12.0. The maximum Gasteiger partial charge on any atom is 0.331 e. The van der Waals surface area contributed by atoms with Gasteiger partial charge < -0.3 is 9.72 Å². The largest absolute Gasteiger partial charge is 0.379 e. The van der Waals surface area contributed by atoms with Crippen molar-refractivity contribution in [3.05, 3.63) is 87.1 Å². The van der Waals surface area contributed by atoms with Crippen LogP contribution in [0, 0.1) is 0 Å². The zero-order valence-corrected chi connectivity index (χ0v) is 24.6. The number of nitrogens with one attached hydrogen (secondary N) is 1. The molecule has 0 radical (unpaired) electrons. The van der Waals surface area contributed by atoms with Gasteiger partial charge in [0.05, 0.1) is 23.6 Å². The van der Waals surface area contributed by atoms with E-state index in [1.807, 2.05) is 18.2 Å². The third-order valence-electron chi connectivity index (χ3n) is 8.25. The van der Waals surface area contributed by atoms with Crippen LogP contribution < -0.4 is 11.2 Å². The number of aromatic amines is 1. The standard InChI is InChI=1S/C30H36N6O5S/c1-32-29(37)28-27(36(30(32)38)16-13-33-17-19-41-20-18-33)21-26(31-28)24-7-9-25(10-8-24)42(39,40)35-14-11-34(12-15-35)22-23-5-3-2-4-6-23/h2-10,21,31H,11-20,22H2,1H3. The third kappa shape index (κ3) is 5.72. The molecule has 2 aromatic carbocycles. The van der Waals surface area contributed by atoms with Crippen molar-refractivity contribution in [3.63, 3.8) is 0 Å². The molecule has 11 nitrogen and oxygen atoms in total. The second-order valence-corrected chi connectivity index (χ2v) is 12.8. The molecular weight excluding hydrogens is 556 g/mol. The first-order valence-electron chi connectivity index (χ1n) is 14.3. The number of fused-ring (bicyclic) bond motifs is 1. The van der Waals surface area contributed by atoms with Crippen molar-refractivity contribution in [3.8, 4) is 11.3 Å². The van der Waals surface area contributed by atoms with Gasteiger partial charge in [0.2, 0.25) is 10.0 Å². The van der Waals surface area contributed by atoms with Gasteiger partial charge in [-0.15, -0.1) is 0 Å². The fraction of sp³-hybridized carbons (Fsp3) is 0.400. The van der Waals surface area contributed by atoms with Gasteiger partial charge in [-0.2, -0.15) is 4.31 Å². The van der Waals surface area contributed by atoms with Crippen LogP contribution in [0.1, 0.15) is 5.56 Å². The Kier molecular flexibility index (Phi) is 8.15. The molecule has 222 valence electrons. The SMILES string of the molecule is Cn1c(=O)c2[nH]c(-c3ccc(S(=O)(=O)N4CCN(Cc5ccccc5)CC4)cc3)cc2n(CCN2CCOCC2)c1=O. The van der Waals surface area contributed by atoms with E-state index in [4.69, 9.17) is 4.74 Å². The summed E-state index contributed by atoms with van der Waals surface area (Å²) >= 11 is 0. The fourth-order valence-electron chi connectivity index (χ4n) is 5.72. The van der Waals surface area contributed by atoms with Gasteiger partial charge in [-0.25, -0.2) is 13.2 Å². The van der Waals surface area contributed by atoms with E-state index in [2.05, 4.69) is 26.9 Å². The average Bonchev–Trinajstić information content (AvgIpc) is 3.47. The Morgan fingerprint density at radius 2 is 1.52 bits per heavy atom. The molecule has 0 spiro atoms. The zero-order chi connectivity index (χ0) is 29.3. The number of hydrogen-bond donors (Lipinski definition) is 1. The first-order chi connectivity index (χ1) is 20.3. The Hall–Kier alpha value is -3.55. The Labute approximate surface area is 244 Å². The van der Waals surface area contributed by atoms with E-state index >= 15 is 0 Å². The van der Waals surface area contributed by atoms with Gasteiger partial charge in [-0.3, -0.25) is 23.7 Å². The monoisotopic (exact) mass is 592 g/mol. The molecule has 2 aliphatic rings. The Bertz CT molecular complexity index is 1770. The molecular formula is C30H36N6O5S. The number of morpholine rings is 1. The molecule has 0 saturated carbocycles. The van der Waals surface area contributed by atoms with Crippen molar-refractivity contribution < 1.29 is 13.2 Å². The second-order valence-electron chi connectivity index (χ2n) is 10.9. The zero-order valence-electron chi connectivity index (χ0n) is 23.7. The molecule has 2 aliphatic heterocycles. The highest BCUT2D eigenvalue weighted by Crippen LogP contribution is 2.25. The summed E-state index contributed by atoms with van der Waals surface area (Å²) in [6.45, 7) is 7.08. The summed E-state index contributed by atoms with van der Waals surface area (Å²) < 4.78 is 36.5. The molecule has 0 bridgehead atoms. The van der Waals surface area contributed by atoms with Crippen molar-refractivity contribution in [2.24, 2.45) is 7.05 Å². The average molecular weight is 593 g/mol. The fourth-order valence-corrected chi connectivity index (χ4v) is 7.14. The molecule has 6 rings (SSSR count). The minimum atomic E-state index is -3.64. The summed E-state index contributed by atoms with van der Waals surface area (Å²) in [5.41, 5.74) is 2.72. The molecule has 2 saturated heterocycles. The van der Waals surface area contributed by atoms with Gasteiger partial charge >= 0.3 is 5.69 Å². The molecule has 0 atom stereocenters. The lowest BCUT2D eigenvalue weighted by Crippen LogP contribution is -2.48. The highest BCUT2D eigenvalue weighted by molar-refractivity contribution is 7.89. The van der Waals surface area contributed by atoms with Crippen LogP contribution in [0.25, 0.3) is 22.3 Å². The van der Waals surface area contributed by atoms with E-state index in [1.165, 1.54) is 12.6 Å². The van der Waals surface area contributed by atoms with Crippen LogP contribution in [0.15, 0.2) is 75.1 Å². The van der Waals surface area contributed by atoms with Gasteiger partial charge in [0.15, 0.2) is 0 Å². The van der Waals surface area contributed by atoms with Gasteiger partial charge in [0.25, 0.3) is 5.56 Å². The van der Waals surface area contributed by atoms with Crippen molar-refractivity contribution in [2.45, 2.75) is 18.0 Å². The van der Waals surface area contributed by atoms with E-state index in [-0.39, 0.29) is 10.6 Å². The molecule has 0 aliphatic carbocycles. The summed E-state index contributed by atoms with van der Waals surface area (Å²) in [6.07, 6.45) is 0. The number of aromatic nitrogens is 3. The van der Waals surface area contributed by atoms with Crippen molar-refractivity contribution in [1.82, 2.24) is 28.2 Å². The molecule has 12 heteroatoms. The molecule has 4 aromatic rings. The minimum Gasteiger partial charge on any atom is -0.379 e. The number of rotatable bonds is 8. The molecule has 0 unspecified atom stereocenters. The van der Waals surface area contributed by atoms with E-state index in [0.29, 0.717) is 69.2 Å². The van der Waals surface area contributed by atoms with Crippen LogP contribution in [0.5, 0.6) is 0 Å². The number of nitrogens with zero attached hydrogens (tertiary/aromatic N) is 5. The first-order valence-corrected chi connectivity index (χ1v) is 15.7. The lowest BCUT2D eigenvalue weighted by atomic mass is 10.1. The van der Waals surface area contributed by atoms with E-state index in [9.17, 15) is 18.0 Å². The number of benzene rings is 2. The number of ether oxygens (including phenoxy) is 1. The number of sulfonamides is 1. The van der Waals surface area contributed by atoms with Crippen molar-refractivity contribution >= 4 is 21.1 Å². The summed E-state index contributed by atoms with van der Waals surface area (Å²) in [4.78, 5) is 33.9. The van der Waals surface area contributed by atoms with Crippen molar-refractivity contribution in [2.75, 3.05) is 59.0 Å². The number of piperazine rings is 1. The number of H-pyrrole nitrogens is 1. The molecule has 2 aromatic heterocycles. The van der Waals surface area contributed by atoms with Crippen LogP contribution in [0.4, 0.5) is 0 Å². The topological polar surface area (TPSA) is 113 Å². The maximum absolute atomic E-state index is 13.4. The van der Waals surface area contributed by atoms with Crippen LogP contribution in [-0.4, -0.2) is 95.7 Å². The molecule has 42 heavy (non-hydrogen) atoms. The van der Waals surface area contributed by atoms with E-state index < -0.39 is 15.6 Å². The van der Waals surface area contributed by atoms with Gasteiger partial charge in [0.1, 0.15) is 5.52 Å².